The molecule has 0 amide bonds. The second-order valence-electron chi connectivity index (χ2n) is 3.59. The lowest BCUT2D eigenvalue weighted by molar-refractivity contribution is -0.156. The van der Waals surface area contributed by atoms with Crippen molar-refractivity contribution in [2.24, 2.45) is 0 Å². The van der Waals surface area contributed by atoms with Crippen molar-refractivity contribution < 1.29 is 34.7 Å². The molecule has 1 aliphatic rings. The summed E-state index contributed by atoms with van der Waals surface area (Å²) in [5.41, 5.74) is 0. The van der Waals surface area contributed by atoms with Crippen molar-refractivity contribution >= 4 is 26.2 Å². The van der Waals surface area contributed by atoms with Crippen LogP contribution in [0.25, 0.3) is 0 Å². The van der Waals surface area contributed by atoms with Crippen LogP contribution in [0.1, 0.15) is 13.8 Å². The second-order valence-corrected chi connectivity index (χ2v) is 7.19. The van der Waals surface area contributed by atoms with E-state index in [1.165, 1.54) is 0 Å². The van der Waals surface area contributed by atoms with E-state index in [-0.39, 0.29) is 0 Å². The van der Waals surface area contributed by atoms with Crippen molar-refractivity contribution in [2.45, 2.75) is 26.1 Å². The van der Waals surface area contributed by atoms with Crippen LogP contribution in [0.5, 0.6) is 0 Å². The smallest absolute Gasteiger partial charge is 0.339 e. The summed E-state index contributed by atoms with van der Waals surface area (Å²) in [4.78, 5) is 11.4. The van der Waals surface area contributed by atoms with E-state index in [4.69, 9.17) is 4.74 Å². The van der Waals surface area contributed by atoms with Gasteiger partial charge in [0.25, 0.3) is 20.2 Å². The summed E-state index contributed by atoms with van der Waals surface area (Å²) in [7, 11) is -8.61. The average Bonchev–Trinajstić information content (AvgIpc) is 2.18. The van der Waals surface area contributed by atoms with Gasteiger partial charge in [-0.15, -0.1) is 0 Å². The Morgan fingerprint density at radius 2 is 1.82 bits per heavy atom. The Balaban J connectivity index is 2.88. The first-order valence-corrected chi connectivity index (χ1v) is 7.75. The molecule has 0 saturated carbocycles. The molecule has 0 aromatic carbocycles. The first-order chi connectivity index (χ1) is 7.61. The fourth-order valence-corrected chi connectivity index (χ4v) is 3.75. The normalized spacial score (nSPS) is 27.4. The Labute approximate surface area is 99.1 Å². The summed E-state index contributed by atoms with van der Waals surface area (Å²) in [6.45, 7) is 2.40. The number of hydrogen-bond acceptors (Lipinski definition) is 8. The highest BCUT2D eigenvalue weighted by atomic mass is 32.3. The molecule has 1 rings (SSSR count). The highest BCUT2D eigenvalue weighted by Gasteiger charge is 2.37. The molecular weight excluding hydrogens is 276 g/mol. The maximum atomic E-state index is 11.4. The molecule has 0 aliphatic carbocycles. The molecule has 1 fully saturated rings. The lowest BCUT2D eigenvalue weighted by Gasteiger charge is -2.14. The third-order valence-electron chi connectivity index (χ3n) is 1.57. The molecule has 0 aromatic rings. The Kier molecular flexibility index (Phi) is 4.12. The summed E-state index contributed by atoms with van der Waals surface area (Å²) in [6.07, 6.45) is -2.08. The maximum Gasteiger partial charge on any atom is 0.339 e. The van der Waals surface area contributed by atoms with E-state index in [0.29, 0.717) is 0 Å². The van der Waals surface area contributed by atoms with Gasteiger partial charge >= 0.3 is 5.97 Å². The topological polar surface area (TPSA) is 113 Å². The third-order valence-corrected chi connectivity index (χ3v) is 4.90. The van der Waals surface area contributed by atoms with Gasteiger partial charge in [-0.3, -0.25) is 8.37 Å². The highest BCUT2D eigenvalue weighted by Crippen LogP contribution is 2.14. The first-order valence-electron chi connectivity index (χ1n) is 4.60. The zero-order valence-corrected chi connectivity index (χ0v) is 10.8. The van der Waals surface area contributed by atoms with Crippen molar-refractivity contribution in [3.63, 3.8) is 0 Å². The largest absolute Gasteiger partial charge is 0.461 e. The molecule has 0 aromatic heterocycles. The summed E-state index contributed by atoms with van der Waals surface area (Å²) in [5.74, 6) is -0.985. The van der Waals surface area contributed by atoms with Crippen LogP contribution in [0.15, 0.2) is 0 Å². The van der Waals surface area contributed by atoms with Crippen LogP contribution in [-0.4, -0.2) is 46.7 Å². The Morgan fingerprint density at radius 1 is 1.24 bits per heavy atom. The van der Waals surface area contributed by atoms with E-state index in [1.807, 2.05) is 0 Å². The lowest BCUT2D eigenvalue weighted by Crippen LogP contribution is -2.33. The van der Waals surface area contributed by atoms with Crippen molar-refractivity contribution in [3.8, 4) is 0 Å². The fraction of sp³-hybridized carbons (Fsp3) is 0.857. The van der Waals surface area contributed by atoms with Crippen LogP contribution in [0.3, 0.4) is 0 Å². The first kappa shape index (κ1) is 14.4. The average molecular weight is 288 g/mol. The van der Waals surface area contributed by atoms with Crippen LogP contribution in [0.4, 0.5) is 0 Å². The van der Waals surface area contributed by atoms with Crippen molar-refractivity contribution in [1.82, 2.24) is 0 Å². The minimum atomic E-state index is -4.37. The molecule has 0 spiro atoms. The Morgan fingerprint density at radius 3 is 2.35 bits per heavy atom. The quantitative estimate of drug-likeness (QED) is 0.468. The third kappa shape index (κ3) is 4.58. The van der Waals surface area contributed by atoms with Crippen LogP contribution >= 0.6 is 0 Å². The van der Waals surface area contributed by atoms with E-state index in [9.17, 15) is 21.6 Å². The van der Waals surface area contributed by atoms with Crippen LogP contribution in [0, 0.1) is 0 Å². The Bertz CT molecular complexity index is 488. The van der Waals surface area contributed by atoms with Crippen molar-refractivity contribution in [3.05, 3.63) is 0 Å². The van der Waals surface area contributed by atoms with Gasteiger partial charge in [0.2, 0.25) is 5.08 Å². The van der Waals surface area contributed by atoms with E-state index in [0.717, 1.165) is 0 Å². The SMILES string of the molecule is CC(C)OC(=O)C1COS(=O)(=O)CS(=O)(=O)O1. The van der Waals surface area contributed by atoms with E-state index in [1.54, 1.807) is 13.8 Å². The molecule has 0 radical (unpaired) electrons. The number of ether oxygens (including phenoxy) is 1. The molecule has 1 atom stereocenters. The summed E-state index contributed by atoms with van der Waals surface area (Å²) in [6, 6.07) is 0. The fourth-order valence-electron chi connectivity index (χ4n) is 1.02. The van der Waals surface area contributed by atoms with Crippen LogP contribution < -0.4 is 0 Å². The van der Waals surface area contributed by atoms with Gasteiger partial charge in [0.05, 0.1) is 6.10 Å². The molecular formula is C7H12O8S2. The minimum absolute atomic E-state index is 0.478. The summed E-state index contributed by atoms with van der Waals surface area (Å²) in [5, 5.41) is -1.31. The zero-order chi connectivity index (χ0) is 13.3. The van der Waals surface area contributed by atoms with Gasteiger partial charge in [0.1, 0.15) is 6.61 Å². The number of carbonyl (C=O) groups excluding carboxylic acids is 1. The van der Waals surface area contributed by atoms with E-state index in [2.05, 4.69) is 8.37 Å². The molecule has 0 bridgehead atoms. The number of carbonyl (C=O) groups is 1. The van der Waals surface area contributed by atoms with Gasteiger partial charge < -0.3 is 4.74 Å². The molecule has 1 saturated heterocycles. The van der Waals surface area contributed by atoms with Crippen molar-refractivity contribution in [2.75, 3.05) is 11.7 Å². The zero-order valence-electron chi connectivity index (χ0n) is 9.15. The van der Waals surface area contributed by atoms with Gasteiger partial charge in [-0.25, -0.2) is 4.79 Å². The van der Waals surface area contributed by atoms with Crippen molar-refractivity contribution in [1.29, 1.82) is 0 Å². The van der Waals surface area contributed by atoms with Gasteiger partial charge in [-0.05, 0) is 13.8 Å². The van der Waals surface area contributed by atoms with Gasteiger partial charge in [-0.1, -0.05) is 0 Å². The molecule has 10 heteroatoms. The standard InChI is InChI=1S/C7H12O8S2/c1-5(2)14-7(8)6-3-13-16(9,10)4-17(11,12)15-6/h5-6H,3-4H2,1-2H3. The molecule has 100 valence electrons. The maximum absolute atomic E-state index is 11.4. The van der Waals surface area contributed by atoms with Gasteiger partial charge in [0.15, 0.2) is 6.10 Å². The molecule has 8 nitrogen and oxygen atoms in total. The molecule has 1 aliphatic heterocycles. The second kappa shape index (κ2) is 4.88. The molecule has 0 N–H and O–H groups in total. The van der Waals surface area contributed by atoms with Crippen LogP contribution in [-0.2, 0) is 38.1 Å². The summed E-state index contributed by atoms with van der Waals surface area (Å²) < 4.78 is 57.9. The van der Waals surface area contributed by atoms with Crippen LogP contribution in [0.2, 0.25) is 0 Å². The number of rotatable bonds is 2. The molecule has 1 heterocycles. The number of esters is 1. The summed E-state index contributed by atoms with van der Waals surface area (Å²) >= 11 is 0. The van der Waals surface area contributed by atoms with E-state index >= 15 is 0 Å². The monoisotopic (exact) mass is 288 g/mol. The predicted molar refractivity (Wildman–Crippen MR) is 54.8 cm³/mol. The number of hydrogen-bond donors (Lipinski definition) is 0. The molecule has 17 heavy (non-hydrogen) atoms. The molecule has 1 unspecified atom stereocenters. The predicted octanol–water partition coefficient (Wildman–Crippen LogP) is -1.03. The van der Waals surface area contributed by atoms with Gasteiger partial charge in [-0.2, -0.15) is 16.8 Å². The Hall–Kier alpha value is -0.710. The van der Waals surface area contributed by atoms with E-state index < -0.39 is 50.1 Å². The lowest BCUT2D eigenvalue weighted by atomic mass is 10.4. The van der Waals surface area contributed by atoms with Gasteiger partial charge in [0, 0.05) is 0 Å². The highest BCUT2D eigenvalue weighted by molar-refractivity contribution is 8.03. The minimum Gasteiger partial charge on any atom is -0.461 e.